The van der Waals surface area contributed by atoms with Crippen molar-refractivity contribution in [1.82, 2.24) is 4.90 Å². The first-order valence-corrected chi connectivity index (χ1v) is 6.50. The Kier molecular flexibility index (Phi) is 4.07. The van der Waals surface area contributed by atoms with Crippen LogP contribution in [0.4, 0.5) is 5.69 Å². The third-order valence-corrected chi connectivity index (χ3v) is 3.21. The third kappa shape index (κ3) is 2.75. The maximum Gasteiger partial charge on any atom is 0.242 e. The summed E-state index contributed by atoms with van der Waals surface area (Å²) >= 11 is 0. The van der Waals surface area contributed by atoms with Crippen LogP contribution in [0.1, 0.15) is 13.8 Å². The van der Waals surface area contributed by atoms with Gasteiger partial charge in [-0.1, -0.05) is 0 Å². The van der Waals surface area contributed by atoms with Crippen LogP contribution in [-0.4, -0.2) is 43.6 Å². The van der Waals surface area contributed by atoms with Gasteiger partial charge < -0.3 is 14.5 Å². The molecule has 1 aromatic rings. The van der Waals surface area contributed by atoms with Crippen LogP contribution in [0.15, 0.2) is 24.3 Å². The van der Waals surface area contributed by atoms with Gasteiger partial charge >= 0.3 is 0 Å². The van der Waals surface area contributed by atoms with Crippen LogP contribution < -0.4 is 9.64 Å². The van der Waals surface area contributed by atoms with Crippen LogP contribution in [-0.2, 0) is 4.79 Å². The van der Waals surface area contributed by atoms with Crippen molar-refractivity contribution < 1.29 is 9.53 Å². The van der Waals surface area contributed by atoms with Gasteiger partial charge in [0, 0.05) is 25.3 Å². The molecule has 2 rings (SSSR count). The van der Waals surface area contributed by atoms with Gasteiger partial charge in [0.15, 0.2) is 0 Å². The highest BCUT2D eigenvalue weighted by molar-refractivity contribution is 5.82. The molecule has 1 heterocycles. The largest absolute Gasteiger partial charge is 0.494 e. The van der Waals surface area contributed by atoms with E-state index < -0.39 is 0 Å². The molecule has 1 saturated heterocycles. The molecule has 1 fully saturated rings. The lowest BCUT2D eigenvalue weighted by Gasteiger charge is -2.35. The zero-order valence-corrected chi connectivity index (χ0v) is 11.1. The summed E-state index contributed by atoms with van der Waals surface area (Å²) in [6.07, 6.45) is 0. The molecular weight excluding hydrogens is 228 g/mol. The number of hydrogen-bond acceptors (Lipinski definition) is 3. The molecule has 1 aromatic carbocycles. The number of anilines is 1. The Morgan fingerprint density at radius 1 is 1.17 bits per heavy atom. The third-order valence-electron chi connectivity index (χ3n) is 3.21. The van der Waals surface area contributed by atoms with E-state index in [-0.39, 0.29) is 5.91 Å². The zero-order chi connectivity index (χ0) is 13.0. The van der Waals surface area contributed by atoms with Crippen molar-refractivity contribution in [1.29, 1.82) is 0 Å². The van der Waals surface area contributed by atoms with Gasteiger partial charge in [-0.25, -0.2) is 0 Å². The average molecular weight is 248 g/mol. The molecule has 18 heavy (non-hydrogen) atoms. The molecule has 0 saturated carbocycles. The van der Waals surface area contributed by atoms with Crippen LogP contribution in [0.3, 0.4) is 0 Å². The number of rotatable bonds is 4. The lowest BCUT2D eigenvalue weighted by atomic mass is 10.2. The fourth-order valence-corrected chi connectivity index (χ4v) is 2.18. The van der Waals surface area contributed by atoms with Crippen molar-refractivity contribution in [2.24, 2.45) is 0 Å². The Hall–Kier alpha value is -1.71. The molecule has 4 heteroatoms. The molecule has 0 aliphatic carbocycles. The second kappa shape index (κ2) is 5.76. The fourth-order valence-electron chi connectivity index (χ4n) is 2.18. The molecule has 0 atom stereocenters. The molecule has 0 unspecified atom stereocenters. The number of amides is 1. The van der Waals surface area contributed by atoms with Crippen LogP contribution >= 0.6 is 0 Å². The first kappa shape index (κ1) is 12.7. The van der Waals surface area contributed by atoms with Gasteiger partial charge in [0.25, 0.3) is 0 Å². The summed E-state index contributed by atoms with van der Waals surface area (Å²) in [4.78, 5) is 15.8. The number of hydrogen-bond donors (Lipinski definition) is 0. The average Bonchev–Trinajstić information content (AvgIpc) is 2.40. The standard InChI is InChI=1S/C14H20N2O2/c1-3-15-9-10-16(11-14(15)17)12-5-7-13(8-6-12)18-4-2/h5-8H,3-4,9-11H2,1-2H3. The number of likely N-dealkylation sites (N-methyl/N-ethyl adjacent to an activating group) is 1. The molecule has 0 N–H and O–H groups in total. The van der Waals surface area contributed by atoms with Gasteiger partial charge in [0.1, 0.15) is 5.75 Å². The minimum atomic E-state index is 0.206. The van der Waals surface area contributed by atoms with E-state index in [9.17, 15) is 4.79 Å². The summed E-state index contributed by atoms with van der Waals surface area (Å²) in [5, 5.41) is 0. The summed E-state index contributed by atoms with van der Waals surface area (Å²) < 4.78 is 5.41. The van der Waals surface area contributed by atoms with E-state index >= 15 is 0 Å². The molecule has 4 nitrogen and oxygen atoms in total. The van der Waals surface area contributed by atoms with E-state index in [1.807, 2.05) is 43.0 Å². The Balaban J connectivity index is 2.02. The summed E-state index contributed by atoms with van der Waals surface area (Å²) in [6.45, 7) is 7.64. The first-order chi connectivity index (χ1) is 8.74. The van der Waals surface area contributed by atoms with Crippen LogP contribution in [0.25, 0.3) is 0 Å². The number of nitrogens with zero attached hydrogens (tertiary/aromatic N) is 2. The highest BCUT2D eigenvalue weighted by Crippen LogP contribution is 2.20. The molecule has 0 bridgehead atoms. The van der Waals surface area contributed by atoms with E-state index in [0.29, 0.717) is 13.2 Å². The van der Waals surface area contributed by atoms with Gasteiger partial charge in [-0.05, 0) is 38.1 Å². The first-order valence-electron chi connectivity index (χ1n) is 6.50. The van der Waals surface area contributed by atoms with E-state index in [1.54, 1.807) is 0 Å². The molecule has 0 aromatic heterocycles. The highest BCUT2D eigenvalue weighted by atomic mass is 16.5. The molecule has 0 radical (unpaired) electrons. The Morgan fingerprint density at radius 2 is 1.89 bits per heavy atom. The number of piperazine rings is 1. The second-order valence-electron chi connectivity index (χ2n) is 4.32. The van der Waals surface area contributed by atoms with Gasteiger partial charge in [0.05, 0.1) is 13.2 Å². The number of ether oxygens (including phenoxy) is 1. The summed E-state index contributed by atoms with van der Waals surface area (Å²) in [5.41, 5.74) is 1.09. The van der Waals surface area contributed by atoms with Gasteiger partial charge in [-0.2, -0.15) is 0 Å². The number of benzene rings is 1. The second-order valence-corrected chi connectivity index (χ2v) is 4.32. The van der Waals surface area contributed by atoms with E-state index in [0.717, 1.165) is 31.1 Å². The van der Waals surface area contributed by atoms with Crippen molar-refractivity contribution in [2.45, 2.75) is 13.8 Å². The highest BCUT2D eigenvalue weighted by Gasteiger charge is 2.22. The molecule has 1 amide bonds. The Morgan fingerprint density at radius 3 is 2.44 bits per heavy atom. The van der Waals surface area contributed by atoms with Crippen LogP contribution in [0.2, 0.25) is 0 Å². The minimum Gasteiger partial charge on any atom is -0.494 e. The predicted molar refractivity (Wildman–Crippen MR) is 72.1 cm³/mol. The minimum absolute atomic E-state index is 0.206. The lowest BCUT2D eigenvalue weighted by Crippen LogP contribution is -2.50. The quantitative estimate of drug-likeness (QED) is 0.814. The van der Waals surface area contributed by atoms with E-state index in [2.05, 4.69) is 4.90 Å². The summed E-state index contributed by atoms with van der Waals surface area (Å²) in [6, 6.07) is 7.94. The molecule has 1 aliphatic heterocycles. The molecule has 0 spiro atoms. The SMILES string of the molecule is CCOc1ccc(N2CCN(CC)C(=O)C2)cc1. The molecule has 98 valence electrons. The van der Waals surface area contributed by atoms with Crippen molar-refractivity contribution in [3.8, 4) is 5.75 Å². The maximum atomic E-state index is 11.8. The van der Waals surface area contributed by atoms with Crippen molar-refractivity contribution in [3.63, 3.8) is 0 Å². The van der Waals surface area contributed by atoms with Crippen molar-refractivity contribution in [3.05, 3.63) is 24.3 Å². The summed E-state index contributed by atoms with van der Waals surface area (Å²) in [7, 11) is 0. The van der Waals surface area contributed by atoms with Crippen molar-refractivity contribution in [2.75, 3.05) is 37.7 Å². The van der Waals surface area contributed by atoms with E-state index in [4.69, 9.17) is 4.74 Å². The molecule has 1 aliphatic rings. The smallest absolute Gasteiger partial charge is 0.242 e. The van der Waals surface area contributed by atoms with Crippen LogP contribution in [0.5, 0.6) is 5.75 Å². The normalized spacial score (nSPS) is 16.0. The van der Waals surface area contributed by atoms with E-state index in [1.165, 1.54) is 0 Å². The lowest BCUT2D eigenvalue weighted by molar-refractivity contribution is -0.130. The topological polar surface area (TPSA) is 32.8 Å². The monoisotopic (exact) mass is 248 g/mol. The Bertz CT molecular complexity index is 403. The molecular formula is C14H20N2O2. The van der Waals surface area contributed by atoms with Crippen LogP contribution in [0, 0.1) is 0 Å². The number of carbonyl (C=O) groups is 1. The van der Waals surface area contributed by atoms with Crippen molar-refractivity contribution >= 4 is 11.6 Å². The van der Waals surface area contributed by atoms with Gasteiger partial charge in [-0.3, -0.25) is 4.79 Å². The van der Waals surface area contributed by atoms with Gasteiger partial charge in [-0.15, -0.1) is 0 Å². The maximum absolute atomic E-state index is 11.8. The Labute approximate surface area is 108 Å². The number of carbonyl (C=O) groups excluding carboxylic acids is 1. The zero-order valence-electron chi connectivity index (χ0n) is 11.1. The predicted octanol–water partition coefficient (Wildman–Crippen LogP) is 1.75. The van der Waals surface area contributed by atoms with Gasteiger partial charge in [0.2, 0.25) is 5.91 Å². The summed E-state index contributed by atoms with van der Waals surface area (Å²) in [5.74, 6) is 1.08. The fraction of sp³-hybridized carbons (Fsp3) is 0.500.